The minimum absolute atomic E-state index is 0.184. The molecule has 1 unspecified atom stereocenters. The highest BCUT2D eigenvalue weighted by atomic mass is 32.1. The van der Waals surface area contributed by atoms with Gasteiger partial charge in [0.05, 0.1) is 30.4 Å². The Hall–Kier alpha value is -2.15. The van der Waals surface area contributed by atoms with E-state index in [2.05, 4.69) is 10.3 Å². The van der Waals surface area contributed by atoms with Crippen LogP contribution in [0.5, 0.6) is 5.75 Å². The zero-order chi connectivity index (χ0) is 17.0. The van der Waals surface area contributed by atoms with Crippen LogP contribution in [0, 0.1) is 12.7 Å². The molecule has 0 saturated heterocycles. The second kappa shape index (κ2) is 7.41. The smallest absolute Gasteiger partial charge is 0.317 e. The highest BCUT2D eigenvalue weighted by molar-refractivity contribution is 7.09. The van der Waals surface area contributed by atoms with Gasteiger partial charge in [-0.1, -0.05) is 6.07 Å². The van der Waals surface area contributed by atoms with Gasteiger partial charge in [0, 0.05) is 12.4 Å². The van der Waals surface area contributed by atoms with Crippen molar-refractivity contribution in [3.05, 3.63) is 45.7 Å². The molecule has 7 heteroatoms. The van der Waals surface area contributed by atoms with Crippen LogP contribution in [0.15, 0.2) is 23.6 Å². The quantitative estimate of drug-likeness (QED) is 0.908. The summed E-state index contributed by atoms with van der Waals surface area (Å²) in [5.74, 6) is -0.263. The lowest BCUT2D eigenvalue weighted by Crippen LogP contribution is -2.38. The van der Waals surface area contributed by atoms with Crippen molar-refractivity contribution in [1.82, 2.24) is 15.2 Å². The second-order valence-electron chi connectivity index (χ2n) is 5.28. The lowest BCUT2D eigenvalue weighted by atomic mass is 10.1. The predicted molar refractivity (Wildman–Crippen MR) is 88.2 cm³/mol. The van der Waals surface area contributed by atoms with Gasteiger partial charge < -0.3 is 15.0 Å². The van der Waals surface area contributed by atoms with Gasteiger partial charge in [0.25, 0.3) is 0 Å². The number of carbonyl (C=O) groups is 1. The zero-order valence-electron chi connectivity index (χ0n) is 13.6. The second-order valence-corrected chi connectivity index (χ2v) is 6.34. The van der Waals surface area contributed by atoms with Crippen molar-refractivity contribution in [1.29, 1.82) is 0 Å². The maximum Gasteiger partial charge on any atom is 0.317 e. The Labute approximate surface area is 139 Å². The maximum absolute atomic E-state index is 13.7. The summed E-state index contributed by atoms with van der Waals surface area (Å²) in [5.41, 5.74) is 1.53. The molecule has 1 aromatic heterocycles. The van der Waals surface area contributed by atoms with Gasteiger partial charge >= 0.3 is 6.03 Å². The highest BCUT2D eigenvalue weighted by Gasteiger charge is 2.16. The first-order valence-corrected chi connectivity index (χ1v) is 8.04. The minimum atomic E-state index is -0.447. The van der Waals surface area contributed by atoms with Crippen molar-refractivity contribution in [3.8, 4) is 5.75 Å². The van der Waals surface area contributed by atoms with Gasteiger partial charge in [0.15, 0.2) is 11.6 Å². The van der Waals surface area contributed by atoms with Crippen LogP contribution in [0.25, 0.3) is 0 Å². The van der Waals surface area contributed by atoms with Crippen LogP contribution in [0.1, 0.15) is 29.2 Å². The average Bonchev–Trinajstić information content (AvgIpc) is 2.92. The molecule has 1 heterocycles. The third-order valence-corrected chi connectivity index (χ3v) is 4.25. The number of rotatable bonds is 5. The summed E-state index contributed by atoms with van der Waals surface area (Å²) in [6, 6.07) is 4.10. The third-order valence-electron chi connectivity index (χ3n) is 3.43. The summed E-state index contributed by atoms with van der Waals surface area (Å²) in [6.45, 7) is 4.16. The average molecular weight is 337 g/mol. The molecule has 124 valence electrons. The first-order valence-electron chi connectivity index (χ1n) is 7.16. The molecule has 23 heavy (non-hydrogen) atoms. The van der Waals surface area contributed by atoms with Crippen LogP contribution in [-0.2, 0) is 6.54 Å². The molecule has 2 rings (SSSR count). The third kappa shape index (κ3) is 4.41. The summed E-state index contributed by atoms with van der Waals surface area (Å²) >= 11 is 1.55. The van der Waals surface area contributed by atoms with Gasteiger partial charge in [-0.25, -0.2) is 14.2 Å². The number of aryl methyl sites for hydroxylation is 1. The lowest BCUT2D eigenvalue weighted by Gasteiger charge is -2.21. The van der Waals surface area contributed by atoms with Crippen molar-refractivity contribution in [3.63, 3.8) is 0 Å². The molecule has 0 bridgehead atoms. The normalized spacial score (nSPS) is 11.9. The molecule has 5 nitrogen and oxygen atoms in total. The van der Waals surface area contributed by atoms with Crippen LogP contribution in [-0.4, -0.2) is 30.1 Å². The van der Waals surface area contributed by atoms with Crippen molar-refractivity contribution in [2.45, 2.75) is 26.4 Å². The van der Waals surface area contributed by atoms with E-state index in [1.54, 1.807) is 42.3 Å². The number of aromatic nitrogens is 1. The summed E-state index contributed by atoms with van der Waals surface area (Å²) in [4.78, 5) is 18.1. The van der Waals surface area contributed by atoms with Gasteiger partial charge in [-0.2, -0.15) is 0 Å². The molecule has 1 aromatic carbocycles. The van der Waals surface area contributed by atoms with Crippen molar-refractivity contribution in [2.24, 2.45) is 0 Å². The predicted octanol–water partition coefficient (Wildman–Crippen LogP) is 3.50. The van der Waals surface area contributed by atoms with Crippen molar-refractivity contribution in [2.75, 3.05) is 14.2 Å². The summed E-state index contributed by atoms with van der Waals surface area (Å²) < 4.78 is 18.6. The highest BCUT2D eigenvalue weighted by Crippen LogP contribution is 2.21. The van der Waals surface area contributed by atoms with E-state index in [1.165, 1.54) is 13.2 Å². The van der Waals surface area contributed by atoms with Gasteiger partial charge in [0.1, 0.15) is 0 Å². The maximum atomic E-state index is 13.7. The number of hydrogen-bond donors (Lipinski definition) is 1. The van der Waals surface area contributed by atoms with Gasteiger partial charge in [-0.3, -0.25) is 0 Å². The van der Waals surface area contributed by atoms with Crippen LogP contribution < -0.4 is 10.1 Å². The van der Waals surface area contributed by atoms with Crippen molar-refractivity contribution < 1.29 is 13.9 Å². The van der Waals surface area contributed by atoms with Gasteiger partial charge in [0.2, 0.25) is 0 Å². The van der Waals surface area contributed by atoms with Crippen LogP contribution in [0.3, 0.4) is 0 Å². The molecule has 2 aromatic rings. The SMILES string of the molecule is COc1ccc(C(C)NC(=O)N(C)Cc2csc(C)n2)cc1F. The molecule has 0 fully saturated rings. The fourth-order valence-corrected chi connectivity index (χ4v) is 2.73. The van der Waals surface area contributed by atoms with E-state index < -0.39 is 5.82 Å². The number of hydrogen-bond acceptors (Lipinski definition) is 4. The Kier molecular flexibility index (Phi) is 5.54. The van der Waals surface area contributed by atoms with E-state index in [9.17, 15) is 9.18 Å². The number of thiazole rings is 1. The van der Waals surface area contributed by atoms with E-state index in [4.69, 9.17) is 4.74 Å². The molecule has 0 saturated carbocycles. The molecular formula is C16H20FN3O2S. The molecule has 1 N–H and O–H groups in total. The van der Waals surface area contributed by atoms with Crippen LogP contribution >= 0.6 is 11.3 Å². The Morgan fingerprint density at radius 1 is 1.52 bits per heavy atom. The molecule has 0 spiro atoms. The number of halogens is 1. The summed E-state index contributed by atoms with van der Waals surface area (Å²) in [7, 11) is 3.11. The molecule has 1 atom stereocenters. The fraction of sp³-hybridized carbons (Fsp3) is 0.375. The number of nitrogens with zero attached hydrogens (tertiary/aromatic N) is 2. The Balaban J connectivity index is 1.97. The number of carbonyl (C=O) groups excluding carboxylic acids is 1. The summed E-state index contributed by atoms with van der Waals surface area (Å²) in [5, 5.41) is 5.74. The zero-order valence-corrected chi connectivity index (χ0v) is 14.4. The number of urea groups is 1. The van der Waals surface area contributed by atoms with E-state index in [1.807, 2.05) is 12.3 Å². The van der Waals surface area contributed by atoms with Gasteiger partial charge in [-0.15, -0.1) is 11.3 Å². The molecule has 0 aliphatic heterocycles. The molecule has 0 aliphatic carbocycles. The van der Waals surface area contributed by atoms with Gasteiger partial charge in [-0.05, 0) is 31.5 Å². The number of ether oxygens (including phenoxy) is 1. The largest absolute Gasteiger partial charge is 0.494 e. The van der Waals surface area contributed by atoms with E-state index in [0.29, 0.717) is 12.1 Å². The van der Waals surface area contributed by atoms with E-state index >= 15 is 0 Å². The fourth-order valence-electron chi connectivity index (χ4n) is 2.13. The van der Waals surface area contributed by atoms with E-state index in [-0.39, 0.29) is 17.8 Å². The van der Waals surface area contributed by atoms with Crippen molar-refractivity contribution >= 4 is 17.4 Å². The first-order chi connectivity index (χ1) is 10.9. The monoisotopic (exact) mass is 337 g/mol. The van der Waals surface area contributed by atoms with Crippen LogP contribution in [0.4, 0.5) is 9.18 Å². The topological polar surface area (TPSA) is 54.5 Å². The Bertz CT molecular complexity index is 690. The molecule has 0 radical (unpaired) electrons. The summed E-state index contributed by atoms with van der Waals surface area (Å²) in [6.07, 6.45) is 0. The number of benzene rings is 1. The van der Waals surface area contributed by atoms with E-state index in [0.717, 1.165) is 10.7 Å². The number of nitrogens with one attached hydrogen (secondary N) is 1. The van der Waals surface area contributed by atoms with Crippen LogP contribution in [0.2, 0.25) is 0 Å². The number of methoxy groups -OCH3 is 1. The molecular weight excluding hydrogens is 317 g/mol. The standard InChI is InChI=1S/C16H20FN3O2S/c1-10(12-5-6-15(22-4)14(17)7-12)18-16(21)20(3)8-13-9-23-11(2)19-13/h5-7,9-10H,8H2,1-4H3,(H,18,21). The first kappa shape index (κ1) is 17.2. The lowest BCUT2D eigenvalue weighted by molar-refractivity contribution is 0.203. The Morgan fingerprint density at radius 3 is 2.83 bits per heavy atom. The molecule has 0 aliphatic rings. The number of amides is 2. The minimum Gasteiger partial charge on any atom is -0.494 e. The Morgan fingerprint density at radius 2 is 2.26 bits per heavy atom. The molecule has 2 amide bonds.